The lowest BCUT2D eigenvalue weighted by Gasteiger charge is -2.16. The van der Waals surface area contributed by atoms with Crippen LogP contribution in [0.4, 0.5) is 5.82 Å². The van der Waals surface area contributed by atoms with Gasteiger partial charge in [-0.1, -0.05) is 18.5 Å². The molecule has 172 valence electrons. The number of aromatic nitrogens is 5. The fourth-order valence-electron chi connectivity index (χ4n) is 4.19. The highest BCUT2D eigenvalue weighted by molar-refractivity contribution is 6.33. The van der Waals surface area contributed by atoms with Crippen LogP contribution >= 0.6 is 11.6 Å². The van der Waals surface area contributed by atoms with Gasteiger partial charge < -0.3 is 29.2 Å². The number of hydrogen-bond acceptors (Lipinski definition) is 8. The standard InChI is InChI=1S/C21H27ClN6O4/c1-3-12-10-30-18-16(11-31-17(12)18)32-21-24-15-8-14(22)19(25-20(15)26-21)23-9-13-4-5-28(27-13)6-7-29-2/h4-5,8,12,16-18H,3,6-7,9-11H2,1-2H3,(H2,23,24,25,26)/t12?,16-,17?,18?/m1/s1. The van der Waals surface area contributed by atoms with E-state index in [0.29, 0.717) is 66.8 Å². The van der Waals surface area contributed by atoms with E-state index in [2.05, 4.69) is 32.3 Å². The van der Waals surface area contributed by atoms with E-state index in [1.165, 1.54) is 0 Å². The minimum Gasteiger partial charge on any atom is -0.456 e. The number of imidazole rings is 1. The van der Waals surface area contributed by atoms with Gasteiger partial charge >= 0.3 is 0 Å². The van der Waals surface area contributed by atoms with Gasteiger partial charge in [-0.05, 0) is 18.6 Å². The normalized spacial score (nSPS) is 24.8. The average Bonchev–Trinajstić information content (AvgIpc) is 3.56. The molecule has 3 unspecified atom stereocenters. The van der Waals surface area contributed by atoms with E-state index in [9.17, 15) is 0 Å². The number of H-pyrrole nitrogens is 1. The monoisotopic (exact) mass is 462 g/mol. The lowest BCUT2D eigenvalue weighted by Crippen LogP contribution is -2.33. The number of nitrogens with zero attached hydrogens (tertiary/aromatic N) is 4. The number of nitrogens with one attached hydrogen (secondary N) is 2. The maximum Gasteiger partial charge on any atom is 0.296 e. The van der Waals surface area contributed by atoms with Gasteiger partial charge in [0.2, 0.25) is 0 Å². The second kappa shape index (κ2) is 9.22. The third kappa shape index (κ3) is 4.27. The van der Waals surface area contributed by atoms with Crippen LogP contribution in [0.25, 0.3) is 11.2 Å². The lowest BCUT2D eigenvalue weighted by molar-refractivity contribution is 0.0258. The summed E-state index contributed by atoms with van der Waals surface area (Å²) in [4.78, 5) is 12.2. The Labute approximate surface area is 190 Å². The zero-order valence-corrected chi connectivity index (χ0v) is 18.8. The number of pyridine rings is 1. The van der Waals surface area contributed by atoms with Crippen molar-refractivity contribution in [1.82, 2.24) is 24.7 Å². The highest BCUT2D eigenvalue weighted by atomic mass is 35.5. The number of fused-ring (bicyclic) bond motifs is 2. The van der Waals surface area contributed by atoms with Crippen LogP contribution in [0.15, 0.2) is 18.3 Å². The van der Waals surface area contributed by atoms with Gasteiger partial charge in [-0.3, -0.25) is 4.68 Å². The van der Waals surface area contributed by atoms with Crippen molar-refractivity contribution in [3.63, 3.8) is 0 Å². The summed E-state index contributed by atoms with van der Waals surface area (Å²) in [7, 11) is 1.67. The molecule has 2 aliphatic heterocycles. The molecule has 2 N–H and O–H groups in total. The Kier molecular flexibility index (Phi) is 6.18. The highest BCUT2D eigenvalue weighted by Gasteiger charge is 2.48. The van der Waals surface area contributed by atoms with E-state index >= 15 is 0 Å². The van der Waals surface area contributed by atoms with Crippen LogP contribution in [0, 0.1) is 5.92 Å². The highest BCUT2D eigenvalue weighted by Crippen LogP contribution is 2.34. The molecular formula is C21H27ClN6O4. The molecule has 0 spiro atoms. The molecule has 0 saturated carbocycles. The number of hydrogen-bond donors (Lipinski definition) is 2. The first-order valence-corrected chi connectivity index (χ1v) is 11.2. The first-order valence-electron chi connectivity index (χ1n) is 10.9. The van der Waals surface area contributed by atoms with E-state index in [1.54, 1.807) is 13.2 Å². The zero-order valence-electron chi connectivity index (χ0n) is 18.1. The topological polar surface area (TPSA) is 108 Å². The van der Waals surface area contributed by atoms with Crippen molar-refractivity contribution in [2.45, 2.75) is 44.7 Å². The number of rotatable bonds is 9. The summed E-state index contributed by atoms with van der Waals surface area (Å²) >= 11 is 6.43. The van der Waals surface area contributed by atoms with Gasteiger partial charge in [0.05, 0.1) is 55.2 Å². The zero-order chi connectivity index (χ0) is 22.1. The third-order valence-electron chi connectivity index (χ3n) is 5.96. The van der Waals surface area contributed by atoms with E-state index in [0.717, 1.165) is 12.1 Å². The molecule has 0 radical (unpaired) electrons. The summed E-state index contributed by atoms with van der Waals surface area (Å²) in [6, 6.07) is 4.12. The number of ether oxygens (including phenoxy) is 4. The second-order valence-electron chi connectivity index (χ2n) is 8.07. The Morgan fingerprint density at radius 1 is 1.28 bits per heavy atom. The average molecular weight is 463 g/mol. The van der Waals surface area contributed by atoms with Crippen LogP contribution in [-0.4, -0.2) is 70.0 Å². The fraction of sp³-hybridized carbons (Fsp3) is 0.571. The van der Waals surface area contributed by atoms with Crippen molar-refractivity contribution in [2.75, 3.05) is 32.2 Å². The van der Waals surface area contributed by atoms with Crippen molar-refractivity contribution < 1.29 is 18.9 Å². The Balaban J connectivity index is 1.25. The molecule has 10 nitrogen and oxygen atoms in total. The van der Waals surface area contributed by atoms with Gasteiger partial charge in [-0.2, -0.15) is 10.1 Å². The van der Waals surface area contributed by atoms with Crippen LogP contribution in [-0.2, 0) is 27.3 Å². The Morgan fingerprint density at radius 2 is 2.16 bits per heavy atom. The molecule has 2 saturated heterocycles. The quantitative estimate of drug-likeness (QED) is 0.499. The largest absolute Gasteiger partial charge is 0.456 e. The molecule has 3 aromatic rings. The summed E-state index contributed by atoms with van der Waals surface area (Å²) in [5.41, 5.74) is 2.10. The minimum absolute atomic E-state index is 0.0642. The van der Waals surface area contributed by atoms with E-state index < -0.39 is 0 Å². The van der Waals surface area contributed by atoms with Gasteiger partial charge in [0, 0.05) is 19.2 Å². The Morgan fingerprint density at radius 3 is 3.00 bits per heavy atom. The first-order chi connectivity index (χ1) is 15.6. The van der Waals surface area contributed by atoms with Gasteiger partial charge in [-0.25, -0.2) is 4.98 Å². The molecular weight excluding hydrogens is 436 g/mol. The van der Waals surface area contributed by atoms with Gasteiger partial charge in [0.1, 0.15) is 11.9 Å². The molecule has 0 aliphatic carbocycles. The molecule has 2 fully saturated rings. The number of halogens is 1. The van der Waals surface area contributed by atoms with Crippen molar-refractivity contribution in [1.29, 1.82) is 0 Å². The van der Waals surface area contributed by atoms with Crippen LogP contribution in [0.5, 0.6) is 6.01 Å². The third-order valence-corrected chi connectivity index (χ3v) is 6.25. The smallest absolute Gasteiger partial charge is 0.296 e. The Hall–Kier alpha value is -2.40. The lowest BCUT2D eigenvalue weighted by atomic mass is 9.99. The number of methoxy groups -OCH3 is 1. The molecule has 0 amide bonds. The molecule has 0 bridgehead atoms. The van der Waals surface area contributed by atoms with Crippen molar-refractivity contribution in [3.8, 4) is 6.01 Å². The number of anilines is 1. The summed E-state index contributed by atoms with van der Waals surface area (Å²) in [5.74, 6) is 0.961. The SMILES string of the molecule is CCC1COC2C1OC[C@H]2Oc1nc2nc(NCc3ccn(CCOC)n3)c(Cl)cc2[nH]1. The molecule has 2 aliphatic rings. The fourth-order valence-corrected chi connectivity index (χ4v) is 4.41. The van der Waals surface area contributed by atoms with Crippen LogP contribution in [0.1, 0.15) is 19.0 Å². The van der Waals surface area contributed by atoms with E-state index in [4.69, 9.17) is 30.5 Å². The molecule has 3 aromatic heterocycles. The summed E-state index contributed by atoms with van der Waals surface area (Å²) in [5, 5.41) is 8.21. The van der Waals surface area contributed by atoms with Crippen molar-refractivity contribution in [3.05, 3.63) is 29.0 Å². The van der Waals surface area contributed by atoms with Crippen LogP contribution in [0.3, 0.4) is 0 Å². The number of aromatic amines is 1. The molecule has 5 rings (SSSR count). The van der Waals surface area contributed by atoms with Gasteiger partial charge in [0.15, 0.2) is 11.8 Å². The molecule has 4 atom stereocenters. The summed E-state index contributed by atoms with van der Waals surface area (Å²) in [6.07, 6.45) is 2.78. The molecule has 0 aromatic carbocycles. The predicted octanol–water partition coefficient (Wildman–Crippen LogP) is 2.64. The summed E-state index contributed by atoms with van der Waals surface area (Å²) < 4.78 is 24.8. The van der Waals surface area contributed by atoms with Gasteiger partial charge in [0.25, 0.3) is 6.01 Å². The molecule has 32 heavy (non-hydrogen) atoms. The van der Waals surface area contributed by atoms with Crippen LogP contribution in [0.2, 0.25) is 5.02 Å². The van der Waals surface area contributed by atoms with E-state index in [1.807, 2.05) is 16.9 Å². The minimum atomic E-state index is -0.196. The molecule has 5 heterocycles. The first kappa shape index (κ1) is 21.4. The van der Waals surface area contributed by atoms with Crippen molar-refractivity contribution in [2.24, 2.45) is 5.92 Å². The van der Waals surface area contributed by atoms with Gasteiger partial charge in [-0.15, -0.1) is 0 Å². The van der Waals surface area contributed by atoms with Crippen LogP contribution < -0.4 is 10.1 Å². The predicted molar refractivity (Wildman–Crippen MR) is 118 cm³/mol. The Bertz CT molecular complexity index is 1070. The summed E-state index contributed by atoms with van der Waals surface area (Å²) in [6.45, 7) is 5.16. The van der Waals surface area contributed by atoms with E-state index in [-0.39, 0.29) is 18.3 Å². The van der Waals surface area contributed by atoms with Crippen molar-refractivity contribution >= 4 is 28.6 Å². The maximum absolute atomic E-state index is 6.43. The second-order valence-corrected chi connectivity index (χ2v) is 8.48. The maximum atomic E-state index is 6.43. The molecule has 11 heteroatoms.